The van der Waals surface area contributed by atoms with Crippen molar-refractivity contribution in [2.45, 2.75) is 0 Å². The Balaban J connectivity index is 1.68. The lowest BCUT2D eigenvalue weighted by molar-refractivity contribution is 0.623. The molecule has 128 valence electrons. The van der Waals surface area contributed by atoms with Gasteiger partial charge in [0, 0.05) is 25.7 Å². The zero-order chi connectivity index (χ0) is 18.0. The number of hydrogen-bond acceptors (Lipinski definition) is 3. The highest BCUT2D eigenvalue weighted by Gasteiger charge is 2.18. The van der Waals surface area contributed by atoms with Crippen LogP contribution in [0.3, 0.4) is 0 Å². The predicted octanol–water partition coefficient (Wildman–Crippen LogP) is 7.67. The Morgan fingerprint density at radius 2 is 1.63 bits per heavy atom. The van der Waals surface area contributed by atoms with Crippen molar-refractivity contribution >= 4 is 65.0 Å². The first kappa shape index (κ1) is 15.2. The molecule has 0 N–H and O–H groups in total. The van der Waals surface area contributed by atoms with Gasteiger partial charge in [0.2, 0.25) is 5.89 Å². The molecule has 6 rings (SSSR count). The molecular formula is C23H12ClNOS. The lowest BCUT2D eigenvalue weighted by Gasteiger charge is -1.99. The summed E-state index contributed by atoms with van der Waals surface area (Å²) in [4.78, 5) is 4.73. The highest BCUT2D eigenvalue weighted by molar-refractivity contribution is 7.26. The molecule has 4 heteroatoms. The van der Waals surface area contributed by atoms with Crippen molar-refractivity contribution in [3.8, 4) is 11.5 Å². The zero-order valence-electron chi connectivity index (χ0n) is 14.1. The molecular weight excluding hydrogens is 374 g/mol. The molecule has 0 unspecified atom stereocenters. The topological polar surface area (TPSA) is 26.0 Å². The van der Waals surface area contributed by atoms with E-state index in [1.807, 2.05) is 24.3 Å². The summed E-state index contributed by atoms with van der Waals surface area (Å²) in [6, 6.07) is 24.9. The van der Waals surface area contributed by atoms with E-state index >= 15 is 0 Å². The molecule has 0 aliphatic carbocycles. The summed E-state index contributed by atoms with van der Waals surface area (Å²) in [7, 11) is 0. The molecule has 0 atom stereocenters. The first-order valence-corrected chi connectivity index (χ1v) is 9.87. The smallest absolute Gasteiger partial charge is 0.227 e. The fourth-order valence-electron chi connectivity index (χ4n) is 3.68. The van der Waals surface area contributed by atoms with Crippen molar-refractivity contribution in [3.05, 3.63) is 77.8 Å². The maximum atomic E-state index is 6.54. The van der Waals surface area contributed by atoms with Crippen LogP contribution in [-0.2, 0) is 0 Å². The summed E-state index contributed by atoms with van der Waals surface area (Å²) < 4.78 is 8.62. The third-order valence-corrected chi connectivity index (χ3v) is 6.36. The lowest BCUT2D eigenvalue weighted by Crippen LogP contribution is -1.78. The fraction of sp³-hybridized carbons (Fsp3) is 0. The molecule has 0 saturated carbocycles. The second kappa shape index (κ2) is 5.56. The van der Waals surface area contributed by atoms with E-state index in [4.69, 9.17) is 21.0 Å². The van der Waals surface area contributed by atoms with Crippen LogP contribution in [0.25, 0.3) is 53.5 Å². The summed E-state index contributed by atoms with van der Waals surface area (Å²) in [6.07, 6.45) is 0. The molecule has 0 amide bonds. The largest absolute Gasteiger partial charge is 0.435 e. The first-order chi connectivity index (χ1) is 13.3. The maximum Gasteiger partial charge on any atom is 0.227 e. The molecule has 0 saturated heterocycles. The van der Waals surface area contributed by atoms with Gasteiger partial charge in [0.05, 0.1) is 5.02 Å². The third kappa shape index (κ3) is 2.22. The number of fused-ring (bicyclic) bond motifs is 6. The van der Waals surface area contributed by atoms with Gasteiger partial charge in [-0.15, -0.1) is 11.3 Å². The Hall–Kier alpha value is -2.88. The van der Waals surface area contributed by atoms with E-state index in [1.165, 1.54) is 15.5 Å². The monoisotopic (exact) mass is 385 g/mol. The number of aromatic nitrogens is 1. The van der Waals surface area contributed by atoms with Gasteiger partial charge in [0.25, 0.3) is 0 Å². The molecule has 6 aromatic rings. The van der Waals surface area contributed by atoms with Crippen LogP contribution >= 0.6 is 22.9 Å². The highest BCUT2D eigenvalue weighted by Crippen LogP contribution is 2.42. The number of nitrogens with zero attached hydrogens (tertiary/aromatic N) is 1. The van der Waals surface area contributed by atoms with Gasteiger partial charge >= 0.3 is 0 Å². The van der Waals surface area contributed by atoms with Gasteiger partial charge < -0.3 is 4.42 Å². The SMILES string of the molecule is Clc1cc2sc3ccccc3c2c2oc(-c3ccc4ccccc4c3)nc12. The van der Waals surface area contributed by atoms with E-state index in [2.05, 4.69) is 48.5 Å². The molecule has 0 aliphatic rings. The lowest BCUT2D eigenvalue weighted by atomic mass is 10.1. The normalized spacial score (nSPS) is 11.9. The van der Waals surface area contributed by atoms with Crippen LogP contribution in [-0.4, -0.2) is 4.98 Å². The minimum absolute atomic E-state index is 0.598. The Morgan fingerprint density at radius 1 is 0.815 bits per heavy atom. The summed E-state index contributed by atoms with van der Waals surface area (Å²) in [5.41, 5.74) is 2.43. The molecule has 0 radical (unpaired) electrons. The number of hydrogen-bond donors (Lipinski definition) is 0. The molecule has 4 aromatic carbocycles. The van der Waals surface area contributed by atoms with E-state index < -0.39 is 0 Å². The van der Waals surface area contributed by atoms with E-state index in [0.29, 0.717) is 10.9 Å². The molecule has 0 bridgehead atoms. The van der Waals surface area contributed by atoms with Crippen LogP contribution in [0.15, 0.2) is 77.2 Å². The molecule has 2 heterocycles. The highest BCUT2D eigenvalue weighted by atomic mass is 35.5. The van der Waals surface area contributed by atoms with Crippen molar-refractivity contribution in [1.82, 2.24) is 4.98 Å². The van der Waals surface area contributed by atoms with Crippen molar-refractivity contribution in [2.75, 3.05) is 0 Å². The Bertz CT molecular complexity index is 1490. The van der Waals surface area contributed by atoms with Crippen molar-refractivity contribution in [2.24, 2.45) is 0 Å². The molecule has 0 spiro atoms. The summed E-state index contributed by atoms with van der Waals surface area (Å²) in [5.74, 6) is 0.598. The van der Waals surface area contributed by atoms with Crippen molar-refractivity contribution < 1.29 is 4.42 Å². The average molecular weight is 386 g/mol. The Morgan fingerprint density at radius 3 is 2.56 bits per heavy atom. The standard InChI is InChI=1S/C23H12ClNOS/c24-17-12-19-20(16-7-3-4-8-18(16)27-19)22-21(17)25-23(26-22)15-10-9-13-5-1-2-6-14(13)11-15/h1-12H. The van der Waals surface area contributed by atoms with Crippen molar-refractivity contribution in [1.29, 1.82) is 0 Å². The quantitative estimate of drug-likeness (QED) is 0.290. The van der Waals surface area contributed by atoms with Gasteiger partial charge in [0.15, 0.2) is 5.58 Å². The minimum atomic E-state index is 0.598. The maximum absolute atomic E-state index is 6.54. The summed E-state index contributed by atoms with van der Waals surface area (Å²) >= 11 is 8.27. The van der Waals surface area contributed by atoms with Crippen LogP contribution in [0.4, 0.5) is 0 Å². The van der Waals surface area contributed by atoms with Crippen LogP contribution in [0, 0.1) is 0 Å². The second-order valence-corrected chi connectivity index (χ2v) is 8.08. The number of halogens is 1. The van der Waals surface area contributed by atoms with Gasteiger partial charge in [-0.1, -0.05) is 60.1 Å². The van der Waals surface area contributed by atoms with Crippen molar-refractivity contribution in [3.63, 3.8) is 0 Å². The van der Waals surface area contributed by atoms with Crippen LogP contribution in [0.2, 0.25) is 5.02 Å². The molecule has 0 aliphatic heterocycles. The molecule has 27 heavy (non-hydrogen) atoms. The van der Waals surface area contributed by atoms with Gasteiger partial charge in [0.1, 0.15) is 5.52 Å². The Kier molecular flexibility index (Phi) is 3.13. The number of rotatable bonds is 1. The number of thiophene rings is 1. The van der Waals surface area contributed by atoms with E-state index in [-0.39, 0.29) is 0 Å². The predicted molar refractivity (Wildman–Crippen MR) is 115 cm³/mol. The van der Waals surface area contributed by atoms with Gasteiger partial charge in [-0.3, -0.25) is 0 Å². The van der Waals surface area contributed by atoms with Crippen LogP contribution < -0.4 is 0 Å². The number of benzene rings is 4. The second-order valence-electron chi connectivity index (χ2n) is 6.59. The van der Waals surface area contributed by atoms with Crippen LogP contribution in [0.5, 0.6) is 0 Å². The molecule has 2 nitrogen and oxygen atoms in total. The van der Waals surface area contributed by atoms with E-state index in [9.17, 15) is 0 Å². The van der Waals surface area contributed by atoms with E-state index in [1.54, 1.807) is 11.3 Å². The average Bonchev–Trinajstić information content (AvgIpc) is 3.29. The number of oxazole rings is 1. The molecule has 2 aromatic heterocycles. The third-order valence-electron chi connectivity index (χ3n) is 4.96. The van der Waals surface area contributed by atoms with Gasteiger partial charge in [-0.05, 0) is 35.0 Å². The summed E-state index contributed by atoms with van der Waals surface area (Å²) in [5, 5.41) is 5.26. The first-order valence-electron chi connectivity index (χ1n) is 8.67. The Labute approximate surface area is 163 Å². The summed E-state index contributed by atoms with van der Waals surface area (Å²) in [6.45, 7) is 0. The van der Waals surface area contributed by atoms with Crippen LogP contribution in [0.1, 0.15) is 0 Å². The fourth-order valence-corrected chi connectivity index (χ4v) is 5.13. The minimum Gasteiger partial charge on any atom is -0.435 e. The molecule has 0 fully saturated rings. The van der Waals surface area contributed by atoms with Gasteiger partial charge in [-0.25, -0.2) is 4.98 Å². The van der Waals surface area contributed by atoms with Gasteiger partial charge in [-0.2, -0.15) is 0 Å². The zero-order valence-corrected chi connectivity index (χ0v) is 15.6. The van der Waals surface area contributed by atoms with E-state index in [0.717, 1.165) is 32.1 Å².